The van der Waals surface area contributed by atoms with E-state index in [4.69, 9.17) is 16.3 Å². The molecule has 2 saturated heterocycles. The quantitative estimate of drug-likeness (QED) is 0.815. The van der Waals surface area contributed by atoms with Gasteiger partial charge in [0.1, 0.15) is 5.82 Å². The van der Waals surface area contributed by atoms with Crippen molar-refractivity contribution < 1.29 is 13.9 Å². The molecule has 1 unspecified atom stereocenters. The van der Waals surface area contributed by atoms with Gasteiger partial charge in [-0.3, -0.25) is 9.69 Å². The molecule has 1 aromatic rings. The summed E-state index contributed by atoms with van der Waals surface area (Å²) in [5.74, 6) is -0.127. The Morgan fingerprint density at radius 1 is 1.33 bits per heavy atom. The van der Waals surface area contributed by atoms with Gasteiger partial charge in [0, 0.05) is 33.3 Å². The summed E-state index contributed by atoms with van der Waals surface area (Å²) < 4.78 is 18.7. The van der Waals surface area contributed by atoms with Crippen LogP contribution in [0.2, 0.25) is 5.02 Å². The van der Waals surface area contributed by atoms with E-state index in [0.29, 0.717) is 19.7 Å². The summed E-state index contributed by atoms with van der Waals surface area (Å²) in [7, 11) is 1.66. The van der Waals surface area contributed by atoms with Gasteiger partial charge in [-0.15, -0.1) is 0 Å². The van der Waals surface area contributed by atoms with E-state index in [9.17, 15) is 9.18 Å². The van der Waals surface area contributed by atoms with Crippen LogP contribution in [0.4, 0.5) is 4.39 Å². The zero-order valence-electron chi connectivity index (χ0n) is 14.1. The van der Waals surface area contributed by atoms with Gasteiger partial charge in [-0.05, 0) is 43.5 Å². The number of ether oxygens (including phenoxy) is 1. The second kappa shape index (κ2) is 7.38. The van der Waals surface area contributed by atoms with Crippen molar-refractivity contribution in [2.45, 2.75) is 25.8 Å². The first-order valence-corrected chi connectivity index (χ1v) is 8.86. The maximum Gasteiger partial charge on any atom is 0.230 e. The van der Waals surface area contributed by atoms with Gasteiger partial charge in [-0.1, -0.05) is 17.7 Å². The molecule has 3 rings (SSSR count). The Balaban J connectivity index is 1.64. The average Bonchev–Trinajstić information content (AvgIpc) is 2.96. The predicted molar refractivity (Wildman–Crippen MR) is 91.4 cm³/mol. The Morgan fingerprint density at radius 3 is 2.92 bits per heavy atom. The average molecular weight is 355 g/mol. The predicted octanol–water partition coefficient (Wildman–Crippen LogP) is 2.94. The molecule has 1 spiro atoms. The third-order valence-corrected chi connectivity index (χ3v) is 5.52. The van der Waals surface area contributed by atoms with Gasteiger partial charge < -0.3 is 9.64 Å². The van der Waals surface area contributed by atoms with Crippen molar-refractivity contribution >= 4 is 17.5 Å². The Hall–Kier alpha value is -1.17. The summed E-state index contributed by atoms with van der Waals surface area (Å²) in [6.45, 7) is 4.34. The first kappa shape index (κ1) is 17.6. The van der Waals surface area contributed by atoms with Crippen LogP contribution >= 0.6 is 11.6 Å². The monoisotopic (exact) mass is 354 g/mol. The number of carbonyl (C=O) groups excluding carboxylic acids is 1. The molecule has 0 saturated carbocycles. The summed E-state index contributed by atoms with van der Waals surface area (Å²) in [4.78, 5) is 17.1. The lowest BCUT2D eigenvalue weighted by atomic mass is 9.78. The van der Waals surface area contributed by atoms with E-state index in [1.54, 1.807) is 13.2 Å². The molecule has 1 amide bonds. The standard InChI is InChI=1S/C18H24ClFN2O2/c1-24-10-9-22-7-2-5-18(17(22)23)6-8-21(13-18)12-14-3-4-15(19)16(20)11-14/h3-4,11H,2,5-10,12-13H2,1H3. The van der Waals surface area contributed by atoms with Gasteiger partial charge in [-0.25, -0.2) is 4.39 Å². The molecule has 4 nitrogen and oxygen atoms in total. The number of hydrogen-bond acceptors (Lipinski definition) is 3. The molecular formula is C18H24ClFN2O2. The fourth-order valence-electron chi connectivity index (χ4n) is 3.94. The van der Waals surface area contributed by atoms with Crippen molar-refractivity contribution in [1.29, 1.82) is 0 Å². The number of likely N-dealkylation sites (tertiary alicyclic amines) is 2. The van der Waals surface area contributed by atoms with E-state index in [1.165, 1.54) is 6.07 Å². The Kier molecular flexibility index (Phi) is 5.42. The molecule has 0 N–H and O–H groups in total. The van der Waals surface area contributed by atoms with Crippen molar-refractivity contribution in [3.63, 3.8) is 0 Å². The zero-order chi connectivity index (χ0) is 17.2. The molecular weight excluding hydrogens is 331 g/mol. The highest BCUT2D eigenvalue weighted by Crippen LogP contribution is 2.40. The molecule has 0 aliphatic carbocycles. The lowest BCUT2D eigenvalue weighted by Crippen LogP contribution is -2.50. The van der Waals surface area contributed by atoms with Crippen molar-refractivity contribution in [3.8, 4) is 0 Å². The minimum Gasteiger partial charge on any atom is -0.383 e. The highest BCUT2D eigenvalue weighted by atomic mass is 35.5. The largest absolute Gasteiger partial charge is 0.383 e. The van der Waals surface area contributed by atoms with Gasteiger partial charge in [-0.2, -0.15) is 0 Å². The third kappa shape index (κ3) is 3.58. The van der Waals surface area contributed by atoms with Crippen molar-refractivity contribution in [3.05, 3.63) is 34.6 Å². The van der Waals surface area contributed by atoms with Gasteiger partial charge in [0.15, 0.2) is 0 Å². The molecule has 6 heteroatoms. The van der Waals surface area contributed by atoms with E-state index in [1.807, 2.05) is 11.0 Å². The maximum absolute atomic E-state index is 13.6. The third-order valence-electron chi connectivity index (χ3n) is 5.21. The first-order valence-electron chi connectivity index (χ1n) is 8.49. The van der Waals surface area contributed by atoms with Gasteiger partial charge >= 0.3 is 0 Å². The molecule has 2 aliphatic rings. The van der Waals surface area contributed by atoms with E-state index in [-0.39, 0.29) is 22.2 Å². The Bertz CT molecular complexity index is 613. The van der Waals surface area contributed by atoms with Crippen LogP contribution in [0.3, 0.4) is 0 Å². The van der Waals surface area contributed by atoms with Crippen LogP contribution in [0.5, 0.6) is 0 Å². The molecule has 0 bridgehead atoms. The second-order valence-electron chi connectivity index (χ2n) is 6.88. The topological polar surface area (TPSA) is 32.8 Å². The molecule has 0 radical (unpaired) electrons. The summed E-state index contributed by atoms with van der Waals surface area (Å²) in [6.07, 6.45) is 2.87. The fourth-order valence-corrected chi connectivity index (χ4v) is 4.05. The van der Waals surface area contributed by atoms with E-state index < -0.39 is 0 Å². The molecule has 0 aromatic heterocycles. The van der Waals surface area contributed by atoms with Gasteiger partial charge in [0.05, 0.1) is 17.0 Å². The van der Waals surface area contributed by atoms with Crippen molar-refractivity contribution in [1.82, 2.24) is 9.80 Å². The summed E-state index contributed by atoms with van der Waals surface area (Å²) >= 11 is 5.74. The molecule has 2 fully saturated rings. The molecule has 24 heavy (non-hydrogen) atoms. The molecule has 132 valence electrons. The number of carbonyl (C=O) groups is 1. The van der Waals surface area contributed by atoms with E-state index in [0.717, 1.165) is 44.5 Å². The lowest BCUT2D eigenvalue weighted by molar-refractivity contribution is -0.146. The molecule has 1 aromatic carbocycles. The summed E-state index contributed by atoms with van der Waals surface area (Å²) in [5, 5.41) is 0.146. The van der Waals surface area contributed by atoms with E-state index in [2.05, 4.69) is 4.90 Å². The summed E-state index contributed by atoms with van der Waals surface area (Å²) in [6, 6.07) is 4.93. The molecule has 1 atom stereocenters. The summed E-state index contributed by atoms with van der Waals surface area (Å²) in [5.41, 5.74) is 0.630. The number of methoxy groups -OCH3 is 1. The maximum atomic E-state index is 13.6. The van der Waals surface area contributed by atoms with Gasteiger partial charge in [0.2, 0.25) is 5.91 Å². The second-order valence-corrected chi connectivity index (χ2v) is 7.29. The SMILES string of the molecule is COCCN1CCCC2(CCN(Cc3ccc(Cl)c(F)c3)C2)C1=O. The molecule has 2 aliphatic heterocycles. The number of halogens is 2. The van der Waals surface area contributed by atoms with Crippen LogP contribution in [-0.2, 0) is 16.1 Å². The molecule has 2 heterocycles. The highest BCUT2D eigenvalue weighted by Gasteiger charge is 2.47. The van der Waals surface area contributed by atoms with Crippen LogP contribution in [0, 0.1) is 11.2 Å². The minimum atomic E-state index is -0.387. The fraction of sp³-hybridized carbons (Fsp3) is 0.611. The lowest BCUT2D eigenvalue weighted by Gasteiger charge is -2.39. The smallest absolute Gasteiger partial charge is 0.230 e. The Morgan fingerprint density at radius 2 is 2.17 bits per heavy atom. The minimum absolute atomic E-state index is 0.146. The number of amides is 1. The normalized spacial score (nSPS) is 25.0. The number of piperidine rings is 1. The van der Waals surface area contributed by atoms with Crippen LogP contribution in [0.15, 0.2) is 18.2 Å². The van der Waals surface area contributed by atoms with Crippen molar-refractivity contribution in [2.24, 2.45) is 5.41 Å². The zero-order valence-corrected chi connectivity index (χ0v) is 14.8. The number of rotatable bonds is 5. The van der Waals surface area contributed by atoms with Crippen molar-refractivity contribution in [2.75, 3.05) is 39.9 Å². The van der Waals surface area contributed by atoms with Crippen LogP contribution < -0.4 is 0 Å². The van der Waals surface area contributed by atoms with Crippen LogP contribution in [-0.4, -0.2) is 55.6 Å². The number of benzene rings is 1. The Labute approximate surface area is 147 Å². The number of nitrogens with zero attached hydrogens (tertiary/aromatic N) is 2. The van der Waals surface area contributed by atoms with Gasteiger partial charge in [0.25, 0.3) is 0 Å². The van der Waals surface area contributed by atoms with E-state index >= 15 is 0 Å². The number of hydrogen-bond donors (Lipinski definition) is 0. The van der Waals surface area contributed by atoms with Crippen LogP contribution in [0.25, 0.3) is 0 Å². The first-order chi connectivity index (χ1) is 11.5. The highest BCUT2D eigenvalue weighted by molar-refractivity contribution is 6.30. The van der Waals surface area contributed by atoms with Crippen LogP contribution in [0.1, 0.15) is 24.8 Å².